The number of nitrogens with zero attached hydrogens (tertiary/aromatic N) is 1. The molecular weight excluding hydrogens is 302 g/mol. The maximum absolute atomic E-state index is 12.1. The van der Waals surface area contributed by atoms with Crippen LogP contribution in [0.1, 0.15) is 18.9 Å². The van der Waals surface area contributed by atoms with Crippen molar-refractivity contribution < 1.29 is 9.59 Å². The summed E-state index contributed by atoms with van der Waals surface area (Å²) in [6, 6.07) is 7.97. The summed E-state index contributed by atoms with van der Waals surface area (Å²) in [6.07, 6.45) is 1.27. The summed E-state index contributed by atoms with van der Waals surface area (Å²) in [5.41, 5.74) is 2.12. The molecule has 0 radical (unpaired) electrons. The van der Waals surface area contributed by atoms with Crippen molar-refractivity contribution in [2.75, 3.05) is 31.6 Å². The molecule has 1 unspecified atom stereocenters. The highest BCUT2D eigenvalue weighted by Crippen LogP contribution is 2.25. The molecule has 1 aromatic carbocycles. The zero-order valence-electron chi connectivity index (χ0n) is 13.1. The van der Waals surface area contributed by atoms with Gasteiger partial charge in [0.25, 0.3) is 0 Å². The number of rotatable bonds is 6. The van der Waals surface area contributed by atoms with Crippen LogP contribution in [0.4, 0.5) is 5.69 Å². The van der Waals surface area contributed by atoms with Gasteiger partial charge in [-0.3, -0.25) is 9.59 Å². The van der Waals surface area contributed by atoms with E-state index < -0.39 is 0 Å². The third kappa shape index (κ3) is 4.45. The second kappa shape index (κ2) is 8.76. The number of hydrogen-bond donors (Lipinski definition) is 2. The third-order valence-electron chi connectivity index (χ3n) is 3.83. The smallest absolute Gasteiger partial charge is 0.227 e. The molecule has 1 aromatic rings. The van der Waals surface area contributed by atoms with Crippen molar-refractivity contribution >= 4 is 29.9 Å². The van der Waals surface area contributed by atoms with E-state index in [9.17, 15) is 9.59 Å². The van der Waals surface area contributed by atoms with Crippen molar-refractivity contribution in [3.63, 3.8) is 0 Å². The van der Waals surface area contributed by atoms with E-state index in [2.05, 4.69) is 17.6 Å². The number of anilines is 1. The third-order valence-corrected chi connectivity index (χ3v) is 3.83. The predicted octanol–water partition coefficient (Wildman–Crippen LogP) is 1.36. The molecule has 1 heterocycles. The van der Waals surface area contributed by atoms with Gasteiger partial charge in [-0.15, -0.1) is 12.4 Å². The van der Waals surface area contributed by atoms with Gasteiger partial charge in [-0.05, 0) is 31.2 Å². The number of halogens is 1. The number of likely N-dealkylation sites (N-methyl/N-ethyl adjacent to an activating group) is 1. The van der Waals surface area contributed by atoms with E-state index in [4.69, 9.17) is 0 Å². The molecule has 1 aliphatic rings. The Hall–Kier alpha value is -1.59. The van der Waals surface area contributed by atoms with E-state index in [-0.39, 0.29) is 30.1 Å². The van der Waals surface area contributed by atoms with Crippen LogP contribution in [-0.2, 0) is 16.0 Å². The van der Waals surface area contributed by atoms with Crippen LogP contribution in [-0.4, -0.2) is 38.5 Å². The minimum absolute atomic E-state index is 0. The molecule has 0 aromatic heterocycles. The Morgan fingerprint density at radius 1 is 1.27 bits per heavy atom. The second-order valence-electron chi connectivity index (χ2n) is 5.32. The van der Waals surface area contributed by atoms with E-state index in [1.807, 2.05) is 31.3 Å². The lowest BCUT2D eigenvalue weighted by molar-refractivity contribution is -0.126. The Bertz CT molecular complexity index is 505. The lowest BCUT2D eigenvalue weighted by Crippen LogP contribution is -2.36. The van der Waals surface area contributed by atoms with Gasteiger partial charge in [0.2, 0.25) is 11.8 Å². The predicted molar refractivity (Wildman–Crippen MR) is 90.5 cm³/mol. The molecule has 1 fully saturated rings. The van der Waals surface area contributed by atoms with Gasteiger partial charge >= 0.3 is 0 Å². The van der Waals surface area contributed by atoms with Crippen molar-refractivity contribution in [1.82, 2.24) is 10.6 Å². The monoisotopic (exact) mass is 325 g/mol. The minimum Gasteiger partial charge on any atom is -0.355 e. The molecule has 22 heavy (non-hydrogen) atoms. The molecule has 0 bridgehead atoms. The molecule has 0 aliphatic carbocycles. The van der Waals surface area contributed by atoms with Gasteiger partial charge in [0.1, 0.15) is 0 Å². The fraction of sp³-hybridized carbons (Fsp3) is 0.500. The van der Waals surface area contributed by atoms with Crippen LogP contribution in [0.15, 0.2) is 24.3 Å². The van der Waals surface area contributed by atoms with Crippen LogP contribution in [0, 0.1) is 5.92 Å². The first-order valence-corrected chi connectivity index (χ1v) is 7.47. The van der Waals surface area contributed by atoms with Gasteiger partial charge in [-0.25, -0.2) is 0 Å². The molecule has 6 heteroatoms. The zero-order valence-corrected chi connectivity index (χ0v) is 13.9. The number of carbonyl (C=O) groups excluding carboxylic acids is 2. The number of aryl methyl sites for hydroxylation is 1. The molecule has 1 atom stereocenters. The van der Waals surface area contributed by atoms with Gasteiger partial charge in [0.05, 0.1) is 5.92 Å². The van der Waals surface area contributed by atoms with Crippen LogP contribution in [0.3, 0.4) is 0 Å². The summed E-state index contributed by atoms with van der Waals surface area (Å²) >= 11 is 0. The molecule has 2 N–H and O–H groups in total. The van der Waals surface area contributed by atoms with E-state index in [1.54, 1.807) is 4.90 Å². The van der Waals surface area contributed by atoms with Crippen LogP contribution >= 0.6 is 12.4 Å². The normalized spacial score (nSPS) is 17.3. The van der Waals surface area contributed by atoms with Gasteiger partial charge in [-0.2, -0.15) is 0 Å². The molecular formula is C16H24ClN3O2. The highest BCUT2D eigenvalue weighted by atomic mass is 35.5. The summed E-state index contributed by atoms with van der Waals surface area (Å²) < 4.78 is 0. The molecule has 5 nitrogen and oxygen atoms in total. The summed E-state index contributed by atoms with van der Waals surface area (Å²) in [7, 11) is 1.84. The van der Waals surface area contributed by atoms with E-state index in [1.165, 1.54) is 5.56 Å². The van der Waals surface area contributed by atoms with Crippen LogP contribution in [0.2, 0.25) is 0 Å². The van der Waals surface area contributed by atoms with Crippen LogP contribution in [0.25, 0.3) is 0 Å². The van der Waals surface area contributed by atoms with E-state index in [0.29, 0.717) is 19.5 Å². The Labute approximate surface area is 137 Å². The maximum Gasteiger partial charge on any atom is 0.227 e. The standard InChI is InChI=1S/C16H23N3O2.ClH/c1-3-12-4-6-14(7-5-12)19-11-13(10-15(19)20)16(21)18-9-8-17-2;/h4-7,13,17H,3,8-11H2,1-2H3,(H,18,21);1H. The summed E-state index contributed by atoms with van der Waals surface area (Å²) in [6.45, 7) is 3.89. The van der Waals surface area contributed by atoms with Crippen molar-refractivity contribution in [3.05, 3.63) is 29.8 Å². The lowest BCUT2D eigenvalue weighted by Gasteiger charge is -2.17. The van der Waals surface area contributed by atoms with E-state index >= 15 is 0 Å². The Kier molecular flexibility index (Phi) is 7.35. The quantitative estimate of drug-likeness (QED) is 0.776. The van der Waals surface area contributed by atoms with Gasteiger partial charge < -0.3 is 15.5 Å². The number of amides is 2. The van der Waals surface area contributed by atoms with Gasteiger partial charge in [-0.1, -0.05) is 19.1 Å². The van der Waals surface area contributed by atoms with E-state index in [0.717, 1.165) is 18.7 Å². The molecule has 2 rings (SSSR count). The Morgan fingerprint density at radius 3 is 2.55 bits per heavy atom. The molecule has 1 aliphatic heterocycles. The highest BCUT2D eigenvalue weighted by molar-refractivity contribution is 6.00. The topological polar surface area (TPSA) is 61.4 Å². The fourth-order valence-electron chi connectivity index (χ4n) is 2.50. The average Bonchev–Trinajstić information content (AvgIpc) is 2.89. The molecule has 2 amide bonds. The zero-order chi connectivity index (χ0) is 15.2. The fourth-order valence-corrected chi connectivity index (χ4v) is 2.50. The number of benzene rings is 1. The SMILES string of the molecule is CCc1ccc(N2CC(C(=O)NCCNC)CC2=O)cc1.Cl. The van der Waals surface area contributed by atoms with Crippen molar-refractivity contribution in [2.24, 2.45) is 5.92 Å². The molecule has 0 saturated carbocycles. The van der Waals surface area contributed by atoms with Gasteiger partial charge in [0, 0.05) is 31.7 Å². The lowest BCUT2D eigenvalue weighted by atomic mass is 10.1. The first-order valence-electron chi connectivity index (χ1n) is 7.47. The molecule has 0 spiro atoms. The van der Waals surface area contributed by atoms with Crippen molar-refractivity contribution in [3.8, 4) is 0 Å². The van der Waals surface area contributed by atoms with Crippen molar-refractivity contribution in [2.45, 2.75) is 19.8 Å². The summed E-state index contributed by atoms with van der Waals surface area (Å²) in [5.74, 6) is -0.264. The highest BCUT2D eigenvalue weighted by Gasteiger charge is 2.34. The number of nitrogens with one attached hydrogen (secondary N) is 2. The largest absolute Gasteiger partial charge is 0.355 e. The first-order chi connectivity index (χ1) is 10.2. The van der Waals surface area contributed by atoms with Crippen molar-refractivity contribution in [1.29, 1.82) is 0 Å². The Balaban J connectivity index is 0.00000242. The maximum atomic E-state index is 12.1. The number of carbonyl (C=O) groups is 2. The van der Waals surface area contributed by atoms with Gasteiger partial charge in [0.15, 0.2) is 0 Å². The van der Waals surface area contributed by atoms with Crippen LogP contribution < -0.4 is 15.5 Å². The summed E-state index contributed by atoms with van der Waals surface area (Å²) in [5, 5.41) is 5.83. The average molecular weight is 326 g/mol. The first kappa shape index (κ1) is 18.5. The second-order valence-corrected chi connectivity index (χ2v) is 5.32. The molecule has 1 saturated heterocycles. The molecule has 122 valence electrons. The number of hydrogen-bond acceptors (Lipinski definition) is 3. The van der Waals surface area contributed by atoms with Crippen LogP contribution in [0.5, 0.6) is 0 Å². The minimum atomic E-state index is -0.250. The Morgan fingerprint density at radius 2 is 1.95 bits per heavy atom. The summed E-state index contributed by atoms with van der Waals surface area (Å²) in [4.78, 5) is 25.8.